The van der Waals surface area contributed by atoms with Crippen molar-refractivity contribution in [2.75, 3.05) is 9.80 Å². The third-order valence-electron chi connectivity index (χ3n) is 12.3. The van der Waals surface area contributed by atoms with E-state index in [-0.39, 0.29) is 5.41 Å². The van der Waals surface area contributed by atoms with Crippen molar-refractivity contribution >= 4 is 66.4 Å². The van der Waals surface area contributed by atoms with E-state index in [0.717, 1.165) is 34.1 Å². The summed E-state index contributed by atoms with van der Waals surface area (Å²) in [6.45, 7) is 4.74. The Morgan fingerprint density at radius 1 is 0.322 bits per heavy atom. The van der Waals surface area contributed by atoms with Crippen LogP contribution in [0, 0.1) is 0 Å². The second-order valence-corrected chi connectivity index (χ2v) is 16.2. The molecule has 2 heteroatoms. The Hall–Kier alpha value is -7.42. The van der Waals surface area contributed by atoms with E-state index in [9.17, 15) is 0 Å². The molecule has 11 rings (SSSR count). The van der Waals surface area contributed by atoms with Gasteiger partial charge in [-0.05, 0) is 115 Å². The lowest BCUT2D eigenvalue weighted by atomic mass is 9.82. The Bertz CT molecular complexity index is 3150. The van der Waals surface area contributed by atoms with Crippen LogP contribution < -0.4 is 9.80 Å². The molecule has 59 heavy (non-hydrogen) atoms. The highest BCUT2D eigenvalue weighted by molar-refractivity contribution is 6.17. The summed E-state index contributed by atoms with van der Waals surface area (Å²) in [6, 6.07) is 80.2. The molecule has 0 amide bonds. The standard InChI is InChI=1S/C57H42N2/c1-57(2)52-29-17-16-28-49(52)50-33-32-46(37-53(50)57)59(54-36-42-22-13-12-21-41(42)35-51(54)39-18-6-3-7-19-39)47-34-43-31-30-40-20-14-15-27-48(40)56(43)55(38-47)58(44-23-8-4-9-24-44)45-25-10-5-11-26-45/h3-38H,1-2H3. The van der Waals surface area contributed by atoms with Gasteiger partial charge in [-0.1, -0.05) is 172 Å². The van der Waals surface area contributed by atoms with Gasteiger partial charge in [-0.25, -0.2) is 0 Å². The van der Waals surface area contributed by atoms with Gasteiger partial charge in [0.05, 0.1) is 11.4 Å². The van der Waals surface area contributed by atoms with Gasteiger partial charge in [0.2, 0.25) is 0 Å². The van der Waals surface area contributed by atoms with E-state index in [1.165, 1.54) is 65.7 Å². The van der Waals surface area contributed by atoms with Crippen LogP contribution in [0.1, 0.15) is 25.0 Å². The van der Waals surface area contributed by atoms with Gasteiger partial charge in [-0.3, -0.25) is 0 Å². The smallest absolute Gasteiger partial charge is 0.0567 e. The minimum atomic E-state index is -0.163. The van der Waals surface area contributed by atoms with E-state index in [1.54, 1.807) is 0 Å². The number of para-hydroxylation sites is 2. The molecule has 0 saturated heterocycles. The van der Waals surface area contributed by atoms with Crippen LogP contribution in [0.5, 0.6) is 0 Å². The third-order valence-corrected chi connectivity index (χ3v) is 12.3. The van der Waals surface area contributed by atoms with Crippen molar-refractivity contribution in [3.8, 4) is 22.3 Å². The number of nitrogens with zero attached hydrogens (tertiary/aromatic N) is 2. The number of fused-ring (bicyclic) bond motifs is 7. The fourth-order valence-electron chi connectivity index (χ4n) is 9.52. The van der Waals surface area contributed by atoms with Gasteiger partial charge in [0.15, 0.2) is 0 Å². The molecular formula is C57H42N2. The van der Waals surface area contributed by atoms with Gasteiger partial charge in [0.25, 0.3) is 0 Å². The fraction of sp³-hybridized carbons (Fsp3) is 0.0526. The average molecular weight is 755 g/mol. The molecule has 0 saturated carbocycles. The highest BCUT2D eigenvalue weighted by Gasteiger charge is 2.36. The van der Waals surface area contributed by atoms with Gasteiger partial charge in [-0.2, -0.15) is 0 Å². The summed E-state index contributed by atoms with van der Waals surface area (Å²) in [5.41, 5.74) is 14.2. The lowest BCUT2D eigenvalue weighted by molar-refractivity contribution is 0.660. The molecule has 10 aromatic carbocycles. The molecule has 0 aliphatic heterocycles. The Kier molecular flexibility index (Phi) is 8.20. The number of rotatable bonds is 7. The maximum Gasteiger partial charge on any atom is 0.0567 e. The summed E-state index contributed by atoms with van der Waals surface area (Å²) in [6.07, 6.45) is 0. The largest absolute Gasteiger partial charge is 0.310 e. The fourth-order valence-corrected chi connectivity index (χ4v) is 9.52. The molecule has 0 atom stereocenters. The van der Waals surface area contributed by atoms with Crippen molar-refractivity contribution in [2.24, 2.45) is 0 Å². The Morgan fingerprint density at radius 3 is 1.61 bits per heavy atom. The van der Waals surface area contributed by atoms with Crippen LogP contribution in [0.2, 0.25) is 0 Å². The van der Waals surface area contributed by atoms with Crippen LogP contribution >= 0.6 is 0 Å². The zero-order valence-corrected chi connectivity index (χ0v) is 33.2. The van der Waals surface area contributed by atoms with Crippen molar-refractivity contribution in [3.63, 3.8) is 0 Å². The second-order valence-electron chi connectivity index (χ2n) is 16.2. The molecule has 10 aromatic rings. The Labute approximate surface area is 345 Å². The van der Waals surface area contributed by atoms with E-state index in [2.05, 4.69) is 242 Å². The van der Waals surface area contributed by atoms with E-state index in [1.807, 2.05) is 0 Å². The predicted octanol–water partition coefficient (Wildman–Crippen LogP) is 16.1. The zero-order valence-electron chi connectivity index (χ0n) is 33.2. The molecule has 0 aromatic heterocycles. The molecule has 1 aliphatic rings. The monoisotopic (exact) mass is 754 g/mol. The quantitative estimate of drug-likeness (QED) is 0.150. The molecule has 0 N–H and O–H groups in total. The summed E-state index contributed by atoms with van der Waals surface area (Å²) in [7, 11) is 0. The van der Waals surface area contributed by atoms with Crippen molar-refractivity contribution in [3.05, 3.63) is 230 Å². The molecule has 0 fully saturated rings. The molecular weight excluding hydrogens is 713 g/mol. The molecule has 0 unspecified atom stereocenters. The van der Waals surface area contributed by atoms with Gasteiger partial charge in [-0.15, -0.1) is 0 Å². The van der Waals surface area contributed by atoms with E-state index in [0.29, 0.717) is 0 Å². The second kappa shape index (κ2) is 13.9. The number of anilines is 6. The van der Waals surface area contributed by atoms with Crippen LogP contribution in [0.25, 0.3) is 54.6 Å². The maximum absolute atomic E-state index is 2.51. The Balaban J connectivity index is 1.26. The van der Waals surface area contributed by atoms with Gasteiger partial charge in [0, 0.05) is 39.1 Å². The molecule has 0 bridgehead atoms. The first kappa shape index (κ1) is 34.8. The van der Waals surface area contributed by atoms with Gasteiger partial charge >= 0.3 is 0 Å². The summed E-state index contributed by atoms with van der Waals surface area (Å²) >= 11 is 0. The molecule has 1 aliphatic carbocycles. The molecule has 0 spiro atoms. The summed E-state index contributed by atoms with van der Waals surface area (Å²) < 4.78 is 0. The van der Waals surface area contributed by atoms with Crippen molar-refractivity contribution in [2.45, 2.75) is 19.3 Å². The lowest BCUT2D eigenvalue weighted by Crippen LogP contribution is -2.17. The van der Waals surface area contributed by atoms with Gasteiger partial charge < -0.3 is 9.80 Å². The highest BCUT2D eigenvalue weighted by Crippen LogP contribution is 2.53. The maximum atomic E-state index is 2.51. The van der Waals surface area contributed by atoms with E-state index in [4.69, 9.17) is 0 Å². The highest BCUT2D eigenvalue weighted by atomic mass is 15.2. The number of hydrogen-bond donors (Lipinski definition) is 0. The first-order valence-electron chi connectivity index (χ1n) is 20.5. The zero-order chi connectivity index (χ0) is 39.5. The topological polar surface area (TPSA) is 6.48 Å². The number of benzene rings is 10. The van der Waals surface area contributed by atoms with Crippen LogP contribution in [0.15, 0.2) is 218 Å². The summed E-state index contributed by atoms with van der Waals surface area (Å²) in [4.78, 5) is 4.94. The van der Waals surface area contributed by atoms with Crippen molar-refractivity contribution in [1.82, 2.24) is 0 Å². The Morgan fingerprint density at radius 2 is 0.881 bits per heavy atom. The van der Waals surface area contributed by atoms with Gasteiger partial charge in [0.1, 0.15) is 0 Å². The van der Waals surface area contributed by atoms with E-state index < -0.39 is 0 Å². The van der Waals surface area contributed by atoms with Crippen LogP contribution in [-0.4, -0.2) is 0 Å². The van der Waals surface area contributed by atoms with Crippen LogP contribution in [-0.2, 0) is 5.41 Å². The minimum absolute atomic E-state index is 0.163. The minimum Gasteiger partial charge on any atom is -0.310 e. The first-order valence-corrected chi connectivity index (χ1v) is 20.5. The average Bonchev–Trinajstić information content (AvgIpc) is 3.52. The summed E-state index contributed by atoms with van der Waals surface area (Å²) in [5, 5.41) is 7.24. The van der Waals surface area contributed by atoms with E-state index >= 15 is 0 Å². The third kappa shape index (κ3) is 5.79. The summed E-state index contributed by atoms with van der Waals surface area (Å²) in [5.74, 6) is 0. The SMILES string of the molecule is CC1(C)c2ccccc2-c2ccc(N(c3cc(N(c4ccccc4)c4ccccc4)c4c(ccc5ccccc54)c3)c3cc4ccccc4cc3-c3ccccc3)cc21. The van der Waals surface area contributed by atoms with Crippen LogP contribution in [0.4, 0.5) is 34.1 Å². The van der Waals surface area contributed by atoms with Crippen molar-refractivity contribution in [1.29, 1.82) is 0 Å². The normalized spacial score (nSPS) is 12.7. The molecule has 0 radical (unpaired) electrons. The molecule has 280 valence electrons. The molecule has 0 heterocycles. The predicted molar refractivity (Wildman–Crippen MR) is 251 cm³/mol. The van der Waals surface area contributed by atoms with Crippen LogP contribution in [0.3, 0.4) is 0 Å². The lowest BCUT2D eigenvalue weighted by Gasteiger charge is -2.33. The first-order chi connectivity index (χ1) is 29.0. The van der Waals surface area contributed by atoms with Crippen molar-refractivity contribution < 1.29 is 0 Å². The number of hydrogen-bond acceptors (Lipinski definition) is 2. The molecule has 2 nitrogen and oxygen atoms in total.